The lowest BCUT2D eigenvalue weighted by molar-refractivity contribution is 0.657. The Labute approximate surface area is 156 Å². The molecule has 1 aromatic carbocycles. The van der Waals surface area contributed by atoms with Gasteiger partial charge in [-0.1, -0.05) is 23.7 Å². The van der Waals surface area contributed by atoms with Gasteiger partial charge in [0.15, 0.2) is 26.5 Å². The molecule has 0 radical (unpaired) electrons. The van der Waals surface area contributed by atoms with Crippen LogP contribution in [0, 0.1) is 0 Å². The van der Waals surface area contributed by atoms with Gasteiger partial charge in [0.1, 0.15) is 6.33 Å². The topological polar surface area (TPSA) is 82.5 Å². The number of hydrogen-bond donors (Lipinski definition) is 1. The Morgan fingerprint density at radius 1 is 1.32 bits per heavy atom. The highest BCUT2D eigenvalue weighted by atomic mass is 35.5. The second kappa shape index (κ2) is 6.62. The van der Waals surface area contributed by atoms with Crippen molar-refractivity contribution in [3.05, 3.63) is 42.2 Å². The van der Waals surface area contributed by atoms with Crippen LogP contribution in [0.15, 0.2) is 46.7 Å². The van der Waals surface area contributed by atoms with E-state index in [1.54, 1.807) is 11.3 Å². The predicted molar refractivity (Wildman–Crippen MR) is 103 cm³/mol. The molecule has 0 aliphatic carbocycles. The van der Waals surface area contributed by atoms with Crippen molar-refractivity contribution in [2.24, 2.45) is 0 Å². The Morgan fingerprint density at radius 2 is 2.20 bits per heavy atom. The van der Waals surface area contributed by atoms with Crippen molar-refractivity contribution in [3.63, 3.8) is 0 Å². The van der Waals surface area contributed by atoms with Crippen molar-refractivity contribution in [2.45, 2.75) is 22.5 Å². The van der Waals surface area contributed by atoms with Crippen molar-refractivity contribution in [2.75, 3.05) is 5.73 Å². The summed E-state index contributed by atoms with van der Waals surface area (Å²) in [4.78, 5) is 17.6. The normalized spacial score (nSPS) is 11.4. The van der Waals surface area contributed by atoms with E-state index in [0.29, 0.717) is 22.9 Å². The molecular weight excluding hydrogens is 376 g/mol. The SMILES string of the molecule is C=CCCn1c(Sc2nc3cccc(Cl)c3s2)nc2c(N)ncnc21. The molecular formula is C16H13ClN6S2. The second-order valence-corrected chi connectivity index (χ2v) is 7.85. The predicted octanol–water partition coefficient (Wildman–Crippen LogP) is 4.40. The first kappa shape index (κ1) is 16.3. The largest absolute Gasteiger partial charge is 0.382 e. The van der Waals surface area contributed by atoms with Gasteiger partial charge in [-0.2, -0.15) is 0 Å². The Balaban J connectivity index is 1.80. The third-order valence-electron chi connectivity index (χ3n) is 3.61. The number of hydrogen-bond acceptors (Lipinski definition) is 7. The third-order valence-corrected chi connectivity index (χ3v) is 6.19. The van der Waals surface area contributed by atoms with Gasteiger partial charge in [-0.15, -0.1) is 17.9 Å². The summed E-state index contributed by atoms with van der Waals surface area (Å²) in [6.45, 7) is 4.50. The highest BCUT2D eigenvalue weighted by molar-refractivity contribution is 8.01. The molecule has 0 atom stereocenters. The lowest BCUT2D eigenvalue weighted by Crippen LogP contribution is -2.01. The molecule has 25 heavy (non-hydrogen) atoms. The number of halogens is 1. The maximum absolute atomic E-state index is 6.25. The quantitative estimate of drug-likeness (QED) is 0.510. The van der Waals surface area contributed by atoms with Crippen molar-refractivity contribution < 1.29 is 0 Å². The van der Waals surface area contributed by atoms with Crippen LogP contribution in [0.3, 0.4) is 0 Å². The first-order chi connectivity index (χ1) is 12.2. The molecule has 3 aromatic heterocycles. The minimum absolute atomic E-state index is 0.372. The summed E-state index contributed by atoms with van der Waals surface area (Å²) >= 11 is 9.27. The highest BCUT2D eigenvalue weighted by Gasteiger charge is 2.17. The van der Waals surface area contributed by atoms with E-state index in [0.717, 1.165) is 31.8 Å². The average molecular weight is 389 g/mol. The zero-order chi connectivity index (χ0) is 17.4. The van der Waals surface area contributed by atoms with Gasteiger partial charge in [0.2, 0.25) is 0 Å². The number of fused-ring (bicyclic) bond motifs is 2. The molecule has 4 aromatic rings. The van der Waals surface area contributed by atoms with E-state index in [9.17, 15) is 0 Å². The lowest BCUT2D eigenvalue weighted by atomic mass is 10.3. The summed E-state index contributed by atoms with van der Waals surface area (Å²) in [5.41, 5.74) is 8.16. The van der Waals surface area contributed by atoms with Gasteiger partial charge in [-0.05, 0) is 30.3 Å². The number of benzene rings is 1. The third kappa shape index (κ3) is 2.97. The molecule has 0 aliphatic rings. The molecule has 2 N–H and O–H groups in total. The first-order valence-electron chi connectivity index (χ1n) is 7.48. The van der Waals surface area contributed by atoms with Crippen LogP contribution in [0.2, 0.25) is 5.02 Å². The minimum Gasteiger partial charge on any atom is -0.382 e. The fourth-order valence-electron chi connectivity index (χ4n) is 2.45. The van der Waals surface area contributed by atoms with Gasteiger partial charge in [0.05, 0.1) is 15.2 Å². The van der Waals surface area contributed by atoms with Gasteiger partial charge >= 0.3 is 0 Å². The summed E-state index contributed by atoms with van der Waals surface area (Å²) in [6, 6.07) is 5.71. The lowest BCUT2D eigenvalue weighted by Gasteiger charge is -2.05. The number of allylic oxidation sites excluding steroid dienone is 1. The van der Waals surface area contributed by atoms with Crippen LogP contribution in [0.25, 0.3) is 21.4 Å². The molecule has 0 amide bonds. The van der Waals surface area contributed by atoms with E-state index in [-0.39, 0.29) is 0 Å². The Hall–Kier alpha value is -2.16. The average Bonchev–Trinajstić information content (AvgIpc) is 3.16. The molecule has 0 unspecified atom stereocenters. The van der Waals surface area contributed by atoms with E-state index in [1.807, 2.05) is 28.8 Å². The number of thiazole rings is 1. The summed E-state index contributed by atoms with van der Waals surface area (Å²) < 4.78 is 3.86. The molecule has 0 saturated carbocycles. The number of nitrogens with zero attached hydrogens (tertiary/aromatic N) is 5. The van der Waals surface area contributed by atoms with E-state index in [4.69, 9.17) is 17.3 Å². The van der Waals surface area contributed by atoms with Gasteiger partial charge in [0.25, 0.3) is 0 Å². The fraction of sp³-hybridized carbons (Fsp3) is 0.125. The van der Waals surface area contributed by atoms with Crippen LogP contribution < -0.4 is 5.73 Å². The number of aryl methyl sites for hydroxylation is 1. The fourth-order valence-corrected chi connectivity index (χ4v) is 4.80. The molecule has 9 heteroatoms. The van der Waals surface area contributed by atoms with E-state index >= 15 is 0 Å². The van der Waals surface area contributed by atoms with Crippen molar-refractivity contribution >= 4 is 61.9 Å². The second-order valence-electron chi connectivity index (χ2n) is 5.22. The van der Waals surface area contributed by atoms with Gasteiger partial charge in [-0.25, -0.2) is 19.9 Å². The zero-order valence-corrected chi connectivity index (χ0v) is 15.4. The van der Waals surface area contributed by atoms with Crippen LogP contribution in [0.4, 0.5) is 5.82 Å². The molecule has 0 bridgehead atoms. The molecule has 0 fully saturated rings. The minimum atomic E-state index is 0.372. The smallest absolute Gasteiger partial charge is 0.177 e. The van der Waals surface area contributed by atoms with E-state index in [1.165, 1.54) is 18.1 Å². The maximum Gasteiger partial charge on any atom is 0.177 e. The van der Waals surface area contributed by atoms with E-state index in [2.05, 4.69) is 26.5 Å². The molecule has 4 rings (SSSR count). The summed E-state index contributed by atoms with van der Waals surface area (Å²) in [5.74, 6) is 0.372. The van der Waals surface area contributed by atoms with Gasteiger partial charge in [0, 0.05) is 6.54 Å². The summed E-state index contributed by atoms with van der Waals surface area (Å²) in [5, 5.41) is 1.48. The van der Waals surface area contributed by atoms with Crippen LogP contribution in [0.5, 0.6) is 0 Å². The van der Waals surface area contributed by atoms with Crippen molar-refractivity contribution in [1.29, 1.82) is 0 Å². The Morgan fingerprint density at radius 3 is 3.00 bits per heavy atom. The molecule has 0 aliphatic heterocycles. The number of rotatable bonds is 5. The Kier molecular flexibility index (Phi) is 4.32. The van der Waals surface area contributed by atoms with Crippen molar-refractivity contribution in [1.82, 2.24) is 24.5 Å². The number of nitrogens with two attached hydrogens (primary N) is 1. The summed E-state index contributed by atoms with van der Waals surface area (Å²) in [7, 11) is 0. The molecule has 0 spiro atoms. The van der Waals surface area contributed by atoms with Crippen LogP contribution >= 0.6 is 34.7 Å². The monoisotopic (exact) mass is 388 g/mol. The zero-order valence-electron chi connectivity index (χ0n) is 13.0. The van der Waals surface area contributed by atoms with Crippen LogP contribution in [-0.2, 0) is 6.54 Å². The first-order valence-corrected chi connectivity index (χ1v) is 9.49. The van der Waals surface area contributed by atoms with Crippen LogP contribution in [0.1, 0.15) is 6.42 Å². The van der Waals surface area contributed by atoms with E-state index < -0.39 is 0 Å². The molecule has 126 valence electrons. The Bertz CT molecular complexity index is 1090. The highest BCUT2D eigenvalue weighted by Crippen LogP contribution is 2.38. The van der Waals surface area contributed by atoms with Gasteiger partial charge < -0.3 is 10.3 Å². The number of anilines is 1. The van der Waals surface area contributed by atoms with Crippen molar-refractivity contribution in [3.8, 4) is 0 Å². The molecule has 0 saturated heterocycles. The molecule has 6 nitrogen and oxygen atoms in total. The number of nitrogen functional groups attached to an aromatic ring is 1. The summed E-state index contributed by atoms with van der Waals surface area (Å²) in [6.07, 6.45) is 4.12. The standard InChI is InChI=1S/C16H13ClN6S2/c1-2-3-7-23-14-11(13(18)19-8-20-14)22-15(23)25-16-21-10-6-4-5-9(17)12(10)24-16/h2,4-6,8H,1,3,7H2,(H2,18,19,20). The van der Waals surface area contributed by atoms with Crippen LogP contribution in [-0.4, -0.2) is 24.5 Å². The van der Waals surface area contributed by atoms with Gasteiger partial charge in [-0.3, -0.25) is 0 Å². The number of aromatic nitrogens is 5. The molecule has 3 heterocycles. The number of imidazole rings is 1. The maximum atomic E-state index is 6.25.